The lowest BCUT2D eigenvalue weighted by Gasteiger charge is -2.05. The fourth-order valence-corrected chi connectivity index (χ4v) is 2.29. The fourth-order valence-electron chi connectivity index (χ4n) is 2.29. The van der Waals surface area contributed by atoms with Gasteiger partial charge >= 0.3 is 5.97 Å². The van der Waals surface area contributed by atoms with Crippen molar-refractivity contribution >= 4 is 5.97 Å². The molecule has 0 saturated heterocycles. The second-order valence-electron chi connectivity index (χ2n) is 4.93. The third-order valence-corrected chi connectivity index (χ3v) is 3.39. The molecule has 0 saturated carbocycles. The summed E-state index contributed by atoms with van der Waals surface area (Å²) in [7, 11) is 1.36. The van der Waals surface area contributed by atoms with Crippen molar-refractivity contribution < 1.29 is 9.53 Å². The quantitative estimate of drug-likeness (QED) is 0.696. The molecule has 5 heteroatoms. The molecule has 0 spiro atoms. The number of pyridine rings is 1. The van der Waals surface area contributed by atoms with E-state index in [0.29, 0.717) is 5.56 Å². The van der Waals surface area contributed by atoms with E-state index >= 15 is 0 Å². The molecular weight excluding hydrogens is 278 g/mol. The van der Waals surface area contributed by atoms with E-state index in [0.717, 1.165) is 22.4 Å². The zero-order valence-electron chi connectivity index (χ0n) is 12.4. The topological polar surface area (TPSA) is 57.0 Å². The van der Waals surface area contributed by atoms with Crippen LogP contribution >= 0.6 is 0 Å². The molecule has 1 aromatic carbocycles. The smallest absolute Gasteiger partial charge is 0.340 e. The molecule has 110 valence electrons. The highest BCUT2D eigenvalue weighted by Gasteiger charge is 2.14. The van der Waals surface area contributed by atoms with Crippen LogP contribution in [0, 0.1) is 6.92 Å². The summed E-state index contributed by atoms with van der Waals surface area (Å²) >= 11 is 0. The largest absolute Gasteiger partial charge is 0.465 e. The molecule has 3 aromatic rings. The summed E-state index contributed by atoms with van der Waals surface area (Å²) in [6.45, 7) is 2.03. The number of aromatic nitrogens is 3. The molecular formula is C17H15N3O2. The maximum Gasteiger partial charge on any atom is 0.340 e. The Morgan fingerprint density at radius 3 is 2.86 bits per heavy atom. The lowest BCUT2D eigenvalue weighted by atomic mass is 10.1. The first kappa shape index (κ1) is 14.0. The van der Waals surface area contributed by atoms with Gasteiger partial charge in [0.1, 0.15) is 0 Å². The Balaban J connectivity index is 2.03. The first-order chi connectivity index (χ1) is 10.7. The average Bonchev–Trinajstić information content (AvgIpc) is 3.04. The summed E-state index contributed by atoms with van der Waals surface area (Å²) in [6, 6.07) is 9.83. The summed E-state index contributed by atoms with van der Waals surface area (Å²) in [4.78, 5) is 15.8. The van der Waals surface area contributed by atoms with Crippen LogP contribution in [0.15, 0.2) is 55.1 Å². The van der Waals surface area contributed by atoms with Crippen molar-refractivity contribution in [3.8, 4) is 16.8 Å². The lowest BCUT2D eigenvalue weighted by Crippen LogP contribution is -2.03. The second-order valence-corrected chi connectivity index (χ2v) is 4.93. The van der Waals surface area contributed by atoms with Crippen molar-refractivity contribution in [3.63, 3.8) is 0 Å². The third kappa shape index (κ3) is 2.61. The van der Waals surface area contributed by atoms with E-state index < -0.39 is 5.97 Å². The van der Waals surface area contributed by atoms with Crippen LogP contribution in [0.1, 0.15) is 15.9 Å². The maximum absolute atomic E-state index is 11.8. The van der Waals surface area contributed by atoms with Crippen LogP contribution < -0.4 is 0 Å². The molecule has 0 amide bonds. The van der Waals surface area contributed by atoms with Gasteiger partial charge in [0.15, 0.2) is 0 Å². The molecule has 0 N–H and O–H groups in total. The van der Waals surface area contributed by atoms with Crippen molar-refractivity contribution in [2.75, 3.05) is 7.11 Å². The van der Waals surface area contributed by atoms with Crippen molar-refractivity contribution in [3.05, 3.63) is 66.2 Å². The maximum atomic E-state index is 11.8. The lowest BCUT2D eigenvalue weighted by molar-refractivity contribution is 0.0601. The molecule has 5 nitrogen and oxygen atoms in total. The Kier molecular flexibility index (Phi) is 3.70. The highest BCUT2D eigenvalue weighted by atomic mass is 16.5. The van der Waals surface area contributed by atoms with Crippen molar-refractivity contribution in [2.45, 2.75) is 6.92 Å². The molecule has 0 aliphatic rings. The molecule has 0 unspecified atom stereocenters. The van der Waals surface area contributed by atoms with Gasteiger partial charge in [-0.2, -0.15) is 5.10 Å². The number of rotatable bonds is 3. The summed E-state index contributed by atoms with van der Waals surface area (Å²) < 4.78 is 6.58. The van der Waals surface area contributed by atoms with Gasteiger partial charge in [-0.1, -0.05) is 12.1 Å². The number of hydrogen-bond acceptors (Lipinski definition) is 4. The Hall–Kier alpha value is -2.95. The van der Waals surface area contributed by atoms with Crippen molar-refractivity contribution in [1.29, 1.82) is 0 Å². The molecule has 0 aliphatic heterocycles. The van der Waals surface area contributed by atoms with Gasteiger partial charge in [-0.3, -0.25) is 4.98 Å². The number of carbonyl (C=O) groups is 1. The van der Waals surface area contributed by atoms with Gasteiger partial charge in [0.05, 0.1) is 24.6 Å². The first-order valence-corrected chi connectivity index (χ1v) is 6.83. The Bertz CT molecular complexity index is 824. The second kappa shape index (κ2) is 5.81. The Morgan fingerprint density at radius 2 is 2.09 bits per heavy atom. The molecule has 22 heavy (non-hydrogen) atoms. The molecule has 0 atom stereocenters. The third-order valence-electron chi connectivity index (χ3n) is 3.39. The molecule has 2 heterocycles. The zero-order valence-corrected chi connectivity index (χ0v) is 12.4. The molecule has 0 bridgehead atoms. The molecule has 2 aromatic heterocycles. The molecule has 0 fully saturated rings. The normalized spacial score (nSPS) is 10.5. The van der Waals surface area contributed by atoms with E-state index in [1.807, 2.05) is 37.4 Å². The predicted octanol–water partition coefficient (Wildman–Crippen LogP) is 3.03. The zero-order chi connectivity index (χ0) is 15.5. The number of esters is 1. The molecule has 0 radical (unpaired) electrons. The minimum atomic E-state index is -0.411. The van der Waals surface area contributed by atoms with Gasteiger partial charge in [0, 0.05) is 29.7 Å². The van der Waals surface area contributed by atoms with Crippen LogP contribution in [0.4, 0.5) is 0 Å². The Morgan fingerprint density at radius 1 is 1.23 bits per heavy atom. The van der Waals surface area contributed by atoms with E-state index in [-0.39, 0.29) is 0 Å². The van der Waals surface area contributed by atoms with E-state index in [9.17, 15) is 4.79 Å². The SMILES string of the molecule is COC(=O)c1cnccc1-c1cnn(-c2cccc(C)c2)c1. The number of aryl methyl sites for hydroxylation is 1. The van der Waals surface area contributed by atoms with E-state index in [1.165, 1.54) is 13.3 Å². The predicted molar refractivity (Wildman–Crippen MR) is 82.9 cm³/mol. The number of carbonyl (C=O) groups excluding carboxylic acids is 1. The van der Waals surface area contributed by atoms with Crippen LogP contribution in [0.2, 0.25) is 0 Å². The minimum absolute atomic E-state index is 0.411. The van der Waals surface area contributed by atoms with E-state index in [2.05, 4.69) is 10.1 Å². The summed E-state index contributed by atoms with van der Waals surface area (Å²) in [5.41, 5.74) is 4.15. The van der Waals surface area contributed by atoms with Crippen LogP contribution in [-0.2, 0) is 4.74 Å². The number of ether oxygens (including phenoxy) is 1. The molecule has 3 rings (SSSR count). The van der Waals surface area contributed by atoms with E-state index in [1.54, 1.807) is 23.1 Å². The van der Waals surface area contributed by atoms with Gasteiger partial charge < -0.3 is 4.74 Å². The number of hydrogen-bond donors (Lipinski definition) is 0. The van der Waals surface area contributed by atoms with Crippen LogP contribution in [0.5, 0.6) is 0 Å². The number of benzene rings is 1. The molecule has 0 aliphatic carbocycles. The van der Waals surface area contributed by atoms with Gasteiger partial charge in [0.2, 0.25) is 0 Å². The monoisotopic (exact) mass is 293 g/mol. The van der Waals surface area contributed by atoms with Gasteiger partial charge in [-0.25, -0.2) is 9.48 Å². The van der Waals surface area contributed by atoms with Crippen LogP contribution in [-0.4, -0.2) is 27.8 Å². The van der Waals surface area contributed by atoms with Gasteiger partial charge in [-0.05, 0) is 30.7 Å². The minimum Gasteiger partial charge on any atom is -0.465 e. The van der Waals surface area contributed by atoms with Gasteiger partial charge in [0.25, 0.3) is 0 Å². The Labute approximate surface area is 128 Å². The average molecular weight is 293 g/mol. The highest BCUT2D eigenvalue weighted by molar-refractivity contribution is 5.96. The fraction of sp³-hybridized carbons (Fsp3) is 0.118. The number of nitrogens with zero attached hydrogens (tertiary/aromatic N) is 3. The number of methoxy groups -OCH3 is 1. The van der Waals surface area contributed by atoms with Crippen molar-refractivity contribution in [2.24, 2.45) is 0 Å². The standard InChI is InChI=1S/C17H15N3O2/c1-12-4-3-5-14(8-12)20-11-13(9-19-20)15-6-7-18-10-16(15)17(21)22-2/h3-11H,1-2H3. The van der Waals surface area contributed by atoms with Crippen molar-refractivity contribution in [1.82, 2.24) is 14.8 Å². The first-order valence-electron chi connectivity index (χ1n) is 6.83. The van der Waals surface area contributed by atoms with Crippen LogP contribution in [0.25, 0.3) is 16.8 Å². The summed E-state index contributed by atoms with van der Waals surface area (Å²) in [6.07, 6.45) is 6.76. The summed E-state index contributed by atoms with van der Waals surface area (Å²) in [5, 5.41) is 4.37. The summed E-state index contributed by atoms with van der Waals surface area (Å²) in [5.74, 6) is -0.411. The van der Waals surface area contributed by atoms with Crippen LogP contribution in [0.3, 0.4) is 0 Å². The van der Waals surface area contributed by atoms with E-state index in [4.69, 9.17) is 4.74 Å². The van der Waals surface area contributed by atoms with Gasteiger partial charge in [-0.15, -0.1) is 0 Å². The highest BCUT2D eigenvalue weighted by Crippen LogP contribution is 2.24.